The van der Waals surface area contributed by atoms with Crippen LogP contribution in [0, 0.1) is 6.92 Å². The molecule has 1 amide bonds. The van der Waals surface area contributed by atoms with Gasteiger partial charge in [-0.3, -0.25) is 14.8 Å². The zero-order chi connectivity index (χ0) is 22.3. The van der Waals surface area contributed by atoms with E-state index in [0.29, 0.717) is 12.5 Å². The number of morpholine rings is 1. The van der Waals surface area contributed by atoms with Crippen molar-refractivity contribution >= 4 is 28.9 Å². The van der Waals surface area contributed by atoms with Gasteiger partial charge in [0, 0.05) is 37.3 Å². The number of amides is 1. The molecule has 10 heteroatoms. The number of hydrogen-bond donors (Lipinski definition) is 2. The Labute approximate surface area is 190 Å². The second-order valence-electron chi connectivity index (χ2n) is 8.62. The minimum atomic E-state index is -0.344. The van der Waals surface area contributed by atoms with Gasteiger partial charge in [0.25, 0.3) is 5.91 Å². The van der Waals surface area contributed by atoms with E-state index in [0.717, 1.165) is 65.2 Å². The summed E-state index contributed by atoms with van der Waals surface area (Å²) >= 11 is 1.64. The Morgan fingerprint density at radius 3 is 2.81 bits per heavy atom. The summed E-state index contributed by atoms with van der Waals surface area (Å²) in [7, 11) is 0. The van der Waals surface area contributed by atoms with Crippen LogP contribution in [0.4, 0.5) is 11.6 Å². The molecule has 1 fully saturated rings. The average molecular weight is 454 g/mol. The first-order valence-electron chi connectivity index (χ1n) is 10.8. The lowest BCUT2D eigenvalue weighted by Gasteiger charge is -2.35. The fraction of sp³-hybridized carbons (Fsp3) is 0.455. The molecule has 0 aliphatic carbocycles. The Balaban J connectivity index is 1.35. The molecule has 0 bridgehead atoms. The highest BCUT2D eigenvalue weighted by Gasteiger charge is 2.44. The molecule has 0 radical (unpaired) electrons. The predicted octanol–water partition coefficient (Wildman–Crippen LogP) is 3.00. The minimum absolute atomic E-state index is 0.0992. The quantitative estimate of drug-likeness (QED) is 0.592. The lowest BCUT2D eigenvalue weighted by atomic mass is 10.0. The molecule has 3 aromatic heterocycles. The Kier molecular flexibility index (Phi) is 5.44. The predicted molar refractivity (Wildman–Crippen MR) is 123 cm³/mol. The first kappa shape index (κ1) is 21.0. The van der Waals surface area contributed by atoms with Crippen molar-refractivity contribution in [2.75, 3.05) is 44.7 Å². The normalized spacial score (nSPS) is 18.2. The van der Waals surface area contributed by atoms with Gasteiger partial charge in [0.2, 0.25) is 5.95 Å². The first-order chi connectivity index (χ1) is 15.4. The maximum Gasteiger partial charge on any atom is 0.255 e. The highest BCUT2D eigenvalue weighted by molar-refractivity contribution is 7.16. The Morgan fingerprint density at radius 1 is 1.28 bits per heavy atom. The van der Waals surface area contributed by atoms with E-state index in [9.17, 15) is 4.79 Å². The van der Waals surface area contributed by atoms with Crippen LogP contribution in [-0.2, 0) is 10.3 Å². The molecule has 0 saturated carbocycles. The molecular formula is C22H27N7O2S. The second kappa shape index (κ2) is 8.27. The van der Waals surface area contributed by atoms with Gasteiger partial charge < -0.3 is 15.0 Å². The molecule has 5 heterocycles. The van der Waals surface area contributed by atoms with Gasteiger partial charge in [-0.25, -0.2) is 9.97 Å². The number of rotatable bonds is 6. The van der Waals surface area contributed by atoms with E-state index in [2.05, 4.69) is 44.2 Å². The number of ether oxygens (including phenoxy) is 1. The molecule has 2 N–H and O–H groups in total. The van der Waals surface area contributed by atoms with E-state index in [1.54, 1.807) is 23.7 Å². The molecule has 2 aliphatic rings. The minimum Gasteiger partial charge on any atom is -0.379 e. The number of fused-ring (bicyclic) bond motifs is 1. The van der Waals surface area contributed by atoms with E-state index in [4.69, 9.17) is 4.74 Å². The lowest BCUT2D eigenvalue weighted by Crippen LogP contribution is -2.46. The van der Waals surface area contributed by atoms with E-state index in [1.165, 1.54) is 0 Å². The third-order valence-electron chi connectivity index (χ3n) is 6.17. The van der Waals surface area contributed by atoms with Crippen molar-refractivity contribution in [3.05, 3.63) is 40.7 Å². The van der Waals surface area contributed by atoms with Gasteiger partial charge >= 0.3 is 0 Å². The Morgan fingerprint density at radius 2 is 2.09 bits per heavy atom. The van der Waals surface area contributed by atoms with Crippen molar-refractivity contribution in [2.45, 2.75) is 26.3 Å². The summed E-state index contributed by atoms with van der Waals surface area (Å²) in [6.45, 7) is 11.2. The maximum absolute atomic E-state index is 13.3. The van der Waals surface area contributed by atoms with Crippen molar-refractivity contribution in [1.29, 1.82) is 0 Å². The van der Waals surface area contributed by atoms with E-state index >= 15 is 0 Å². The third kappa shape index (κ3) is 3.78. The standard InChI is InChI=1S/C22H27N7O2S/c1-14-17(13-24-27-14)26-21-23-5-4-16(25-21)18-12-15-19(32-18)22(2,3)29(20(15)30)7-6-28-8-10-31-11-9-28/h4-5,12-13H,6-11H2,1-3H3,(H,24,27)(H,23,25,26). The number of aryl methyl sites for hydroxylation is 1. The molecule has 3 aromatic rings. The summed E-state index contributed by atoms with van der Waals surface area (Å²) in [4.78, 5) is 28.7. The number of hydrogen-bond acceptors (Lipinski definition) is 8. The number of carbonyl (C=O) groups is 1. The summed E-state index contributed by atoms with van der Waals surface area (Å²) in [6, 6.07) is 3.86. The van der Waals surface area contributed by atoms with Crippen LogP contribution >= 0.6 is 11.3 Å². The molecule has 0 unspecified atom stereocenters. The van der Waals surface area contributed by atoms with Crippen LogP contribution in [0.2, 0.25) is 0 Å². The number of nitrogens with zero attached hydrogens (tertiary/aromatic N) is 5. The molecule has 32 heavy (non-hydrogen) atoms. The number of aromatic amines is 1. The number of thiophene rings is 1. The van der Waals surface area contributed by atoms with Gasteiger partial charge in [-0.2, -0.15) is 5.10 Å². The SMILES string of the molecule is Cc1[nH]ncc1Nc1nccc(-c2cc3c(s2)C(C)(C)N(CCN2CCOCC2)C3=O)n1. The fourth-order valence-electron chi connectivity index (χ4n) is 4.25. The van der Waals surface area contributed by atoms with Crippen molar-refractivity contribution in [3.8, 4) is 10.6 Å². The molecule has 1 saturated heterocycles. The topological polar surface area (TPSA) is 99.3 Å². The summed E-state index contributed by atoms with van der Waals surface area (Å²) in [5.41, 5.74) is 2.99. The van der Waals surface area contributed by atoms with Crippen LogP contribution in [0.5, 0.6) is 0 Å². The molecule has 0 atom stereocenters. The fourth-order valence-corrected chi connectivity index (χ4v) is 5.48. The summed E-state index contributed by atoms with van der Waals surface area (Å²) in [5, 5.41) is 10.1. The molecular weight excluding hydrogens is 426 g/mol. The number of aromatic nitrogens is 4. The number of nitrogens with one attached hydrogen (secondary N) is 2. The van der Waals surface area contributed by atoms with Gasteiger partial charge in [0.15, 0.2) is 0 Å². The van der Waals surface area contributed by atoms with E-state index in [-0.39, 0.29) is 11.4 Å². The van der Waals surface area contributed by atoms with Crippen molar-refractivity contribution in [3.63, 3.8) is 0 Å². The number of anilines is 2. The number of H-pyrrole nitrogens is 1. The van der Waals surface area contributed by atoms with Crippen LogP contribution < -0.4 is 5.32 Å². The van der Waals surface area contributed by atoms with E-state index < -0.39 is 0 Å². The number of carbonyl (C=O) groups excluding carboxylic acids is 1. The van der Waals surface area contributed by atoms with Crippen LogP contribution in [0.1, 0.15) is 34.8 Å². The maximum atomic E-state index is 13.3. The van der Waals surface area contributed by atoms with Crippen molar-refractivity contribution in [2.24, 2.45) is 0 Å². The van der Waals surface area contributed by atoms with Crippen LogP contribution in [0.15, 0.2) is 24.5 Å². The average Bonchev–Trinajstić information content (AvgIpc) is 3.45. The largest absolute Gasteiger partial charge is 0.379 e. The Hall–Kier alpha value is -2.82. The molecule has 2 aliphatic heterocycles. The van der Waals surface area contributed by atoms with Gasteiger partial charge in [0.1, 0.15) is 0 Å². The van der Waals surface area contributed by atoms with Gasteiger partial charge in [-0.1, -0.05) is 0 Å². The molecule has 168 valence electrons. The zero-order valence-electron chi connectivity index (χ0n) is 18.5. The Bertz CT molecular complexity index is 1130. The summed E-state index contributed by atoms with van der Waals surface area (Å²) in [6.07, 6.45) is 3.43. The lowest BCUT2D eigenvalue weighted by molar-refractivity contribution is 0.0263. The van der Waals surface area contributed by atoms with Gasteiger partial charge in [-0.05, 0) is 32.9 Å². The molecule has 5 rings (SSSR count). The van der Waals surface area contributed by atoms with Gasteiger partial charge in [-0.15, -0.1) is 11.3 Å². The van der Waals surface area contributed by atoms with Crippen LogP contribution in [0.25, 0.3) is 10.6 Å². The molecule has 9 nitrogen and oxygen atoms in total. The summed E-state index contributed by atoms with van der Waals surface area (Å²) in [5.74, 6) is 0.598. The van der Waals surface area contributed by atoms with E-state index in [1.807, 2.05) is 24.0 Å². The van der Waals surface area contributed by atoms with Crippen molar-refractivity contribution in [1.82, 2.24) is 30.0 Å². The monoisotopic (exact) mass is 453 g/mol. The third-order valence-corrected chi connectivity index (χ3v) is 7.64. The first-order valence-corrected chi connectivity index (χ1v) is 11.6. The molecule has 0 spiro atoms. The second-order valence-corrected chi connectivity index (χ2v) is 9.67. The smallest absolute Gasteiger partial charge is 0.255 e. The van der Waals surface area contributed by atoms with Crippen LogP contribution in [-0.4, -0.2) is 75.3 Å². The van der Waals surface area contributed by atoms with Crippen molar-refractivity contribution < 1.29 is 9.53 Å². The van der Waals surface area contributed by atoms with Crippen LogP contribution in [0.3, 0.4) is 0 Å². The zero-order valence-corrected chi connectivity index (χ0v) is 19.3. The van der Waals surface area contributed by atoms with Gasteiger partial charge in [0.05, 0.1) is 52.5 Å². The molecule has 0 aromatic carbocycles. The highest BCUT2D eigenvalue weighted by atomic mass is 32.1. The summed E-state index contributed by atoms with van der Waals surface area (Å²) < 4.78 is 5.43. The highest BCUT2D eigenvalue weighted by Crippen LogP contribution is 2.45.